The Bertz CT molecular complexity index is 439. The Morgan fingerprint density at radius 1 is 1.32 bits per heavy atom. The van der Waals surface area contributed by atoms with Crippen molar-refractivity contribution in [1.82, 2.24) is 5.32 Å². The van der Waals surface area contributed by atoms with E-state index < -0.39 is 5.82 Å². The quantitative estimate of drug-likeness (QED) is 0.848. The Morgan fingerprint density at radius 3 is 2.63 bits per heavy atom. The summed E-state index contributed by atoms with van der Waals surface area (Å²) >= 11 is 11.9. The van der Waals surface area contributed by atoms with E-state index in [1.165, 1.54) is 12.1 Å². The van der Waals surface area contributed by atoms with Crippen molar-refractivity contribution in [3.05, 3.63) is 34.6 Å². The molecule has 0 unspecified atom stereocenters. The van der Waals surface area contributed by atoms with Gasteiger partial charge in [-0.3, -0.25) is 4.79 Å². The summed E-state index contributed by atoms with van der Waals surface area (Å²) in [5.74, 6) is -0.628. The van der Waals surface area contributed by atoms with Crippen LogP contribution in [0.15, 0.2) is 18.2 Å². The second-order valence-corrected chi connectivity index (χ2v) is 5.92. The highest BCUT2D eigenvalue weighted by molar-refractivity contribution is 6.31. The van der Waals surface area contributed by atoms with Crippen LogP contribution in [0.25, 0.3) is 0 Å². The van der Waals surface area contributed by atoms with Crippen LogP contribution in [0.2, 0.25) is 5.02 Å². The fraction of sp³-hybridized carbons (Fsp3) is 0.500. The van der Waals surface area contributed by atoms with E-state index in [9.17, 15) is 9.18 Å². The molecule has 0 atom stereocenters. The lowest BCUT2D eigenvalue weighted by Crippen LogP contribution is -2.38. The monoisotopic (exact) mass is 303 g/mol. The molecule has 0 saturated heterocycles. The summed E-state index contributed by atoms with van der Waals surface area (Å²) in [6, 6.07) is 4.58. The van der Waals surface area contributed by atoms with Gasteiger partial charge in [0.25, 0.3) is 0 Å². The number of hydrogen-bond donors (Lipinski definition) is 1. The molecule has 0 aromatic heterocycles. The van der Waals surface area contributed by atoms with Gasteiger partial charge in [0.1, 0.15) is 5.82 Å². The third-order valence-electron chi connectivity index (χ3n) is 3.42. The first-order chi connectivity index (χ1) is 9.06. The fourth-order valence-corrected chi connectivity index (χ4v) is 2.82. The van der Waals surface area contributed by atoms with Crippen molar-refractivity contribution in [2.45, 2.75) is 43.5 Å². The van der Waals surface area contributed by atoms with Crippen LogP contribution in [0.4, 0.5) is 4.39 Å². The predicted molar refractivity (Wildman–Crippen MR) is 75.2 cm³/mol. The number of alkyl halides is 1. The van der Waals surface area contributed by atoms with Gasteiger partial charge >= 0.3 is 0 Å². The Balaban J connectivity index is 1.91. The standard InChI is InChI=1S/C14H16Cl2FNO/c15-9-4-6-10(7-5-9)18-14(19)8-11-12(16)2-1-3-13(11)17/h1-3,9-10H,4-8H2,(H,18,19). The Hall–Kier alpha value is -0.800. The molecule has 104 valence electrons. The van der Waals surface area contributed by atoms with Gasteiger partial charge in [0.15, 0.2) is 0 Å². The molecule has 1 N–H and O–H groups in total. The van der Waals surface area contributed by atoms with Crippen molar-refractivity contribution >= 4 is 29.1 Å². The minimum Gasteiger partial charge on any atom is -0.353 e. The molecule has 1 aromatic carbocycles. The van der Waals surface area contributed by atoms with Crippen molar-refractivity contribution in [3.63, 3.8) is 0 Å². The van der Waals surface area contributed by atoms with Gasteiger partial charge in [-0.1, -0.05) is 17.7 Å². The van der Waals surface area contributed by atoms with E-state index in [2.05, 4.69) is 5.32 Å². The number of halogens is 3. The molecule has 2 rings (SSSR count). The highest BCUT2D eigenvalue weighted by Crippen LogP contribution is 2.23. The second kappa shape index (κ2) is 6.58. The van der Waals surface area contributed by atoms with Gasteiger partial charge in [-0.15, -0.1) is 11.6 Å². The number of benzene rings is 1. The first-order valence-corrected chi connectivity index (χ1v) is 7.24. The number of carbonyl (C=O) groups excluding carboxylic acids is 1. The largest absolute Gasteiger partial charge is 0.353 e. The van der Waals surface area contributed by atoms with Crippen molar-refractivity contribution in [2.24, 2.45) is 0 Å². The molecular weight excluding hydrogens is 288 g/mol. The minimum absolute atomic E-state index is 0.0215. The van der Waals surface area contributed by atoms with E-state index in [1.54, 1.807) is 6.07 Å². The van der Waals surface area contributed by atoms with Crippen LogP contribution in [-0.4, -0.2) is 17.3 Å². The van der Waals surface area contributed by atoms with Gasteiger partial charge in [-0.25, -0.2) is 4.39 Å². The maximum absolute atomic E-state index is 13.6. The molecular formula is C14H16Cl2FNO. The Kier molecular flexibility index (Phi) is 5.06. The summed E-state index contributed by atoms with van der Waals surface area (Å²) < 4.78 is 13.6. The van der Waals surface area contributed by atoms with E-state index in [-0.39, 0.29) is 29.3 Å². The van der Waals surface area contributed by atoms with Crippen LogP contribution in [0, 0.1) is 5.82 Å². The smallest absolute Gasteiger partial charge is 0.224 e. The van der Waals surface area contributed by atoms with Crippen molar-refractivity contribution in [1.29, 1.82) is 0 Å². The molecule has 0 bridgehead atoms. The lowest BCUT2D eigenvalue weighted by molar-refractivity contribution is -0.121. The van der Waals surface area contributed by atoms with E-state index in [0.717, 1.165) is 25.7 Å². The van der Waals surface area contributed by atoms with E-state index in [4.69, 9.17) is 23.2 Å². The Labute approximate surface area is 122 Å². The molecule has 0 aliphatic heterocycles. The normalized spacial score (nSPS) is 23.1. The molecule has 0 spiro atoms. The zero-order valence-corrected chi connectivity index (χ0v) is 12.0. The van der Waals surface area contributed by atoms with Gasteiger partial charge in [-0.2, -0.15) is 0 Å². The first-order valence-electron chi connectivity index (χ1n) is 6.42. The second-order valence-electron chi connectivity index (χ2n) is 4.89. The summed E-state index contributed by atoms with van der Waals surface area (Å²) in [5, 5.41) is 3.43. The fourth-order valence-electron chi connectivity index (χ4n) is 2.34. The van der Waals surface area contributed by atoms with Gasteiger partial charge in [0.2, 0.25) is 5.91 Å². The van der Waals surface area contributed by atoms with E-state index in [1.807, 2.05) is 0 Å². The summed E-state index contributed by atoms with van der Waals surface area (Å²) in [5.41, 5.74) is 0.257. The van der Waals surface area contributed by atoms with Gasteiger partial charge in [0, 0.05) is 22.0 Å². The molecule has 1 amide bonds. The zero-order chi connectivity index (χ0) is 13.8. The lowest BCUT2D eigenvalue weighted by atomic mass is 9.95. The van der Waals surface area contributed by atoms with E-state index in [0.29, 0.717) is 5.02 Å². The molecule has 1 aromatic rings. The highest BCUT2D eigenvalue weighted by Gasteiger charge is 2.21. The molecule has 0 radical (unpaired) electrons. The van der Waals surface area contributed by atoms with Crippen molar-refractivity contribution in [3.8, 4) is 0 Å². The Morgan fingerprint density at radius 2 is 2.00 bits per heavy atom. The summed E-state index contributed by atoms with van der Waals surface area (Å²) in [7, 11) is 0. The van der Waals surface area contributed by atoms with Gasteiger partial charge in [0.05, 0.1) is 6.42 Å². The van der Waals surface area contributed by atoms with Gasteiger partial charge in [-0.05, 0) is 37.8 Å². The third kappa shape index (κ3) is 4.08. The van der Waals surface area contributed by atoms with Crippen LogP contribution in [0.3, 0.4) is 0 Å². The van der Waals surface area contributed by atoms with Gasteiger partial charge < -0.3 is 5.32 Å². The zero-order valence-electron chi connectivity index (χ0n) is 10.5. The average Bonchev–Trinajstić information content (AvgIpc) is 2.37. The van der Waals surface area contributed by atoms with E-state index >= 15 is 0 Å². The number of hydrogen-bond acceptors (Lipinski definition) is 1. The van der Waals surface area contributed by atoms with Crippen LogP contribution in [0.1, 0.15) is 31.2 Å². The highest BCUT2D eigenvalue weighted by atomic mass is 35.5. The predicted octanol–water partition coefficient (Wildman–Crippen LogP) is 3.69. The van der Waals surface area contributed by atoms with Crippen LogP contribution >= 0.6 is 23.2 Å². The third-order valence-corrected chi connectivity index (χ3v) is 4.21. The summed E-state index contributed by atoms with van der Waals surface area (Å²) in [6.07, 6.45) is 3.56. The van der Waals surface area contributed by atoms with Crippen LogP contribution in [0.5, 0.6) is 0 Å². The van der Waals surface area contributed by atoms with Crippen molar-refractivity contribution in [2.75, 3.05) is 0 Å². The molecule has 1 fully saturated rings. The molecule has 19 heavy (non-hydrogen) atoms. The molecule has 1 aliphatic carbocycles. The topological polar surface area (TPSA) is 29.1 Å². The maximum Gasteiger partial charge on any atom is 0.224 e. The minimum atomic E-state index is -0.438. The maximum atomic E-state index is 13.6. The first kappa shape index (κ1) is 14.6. The molecule has 1 saturated carbocycles. The number of amides is 1. The molecule has 0 heterocycles. The summed E-state index contributed by atoms with van der Waals surface area (Å²) in [4.78, 5) is 11.9. The number of carbonyl (C=O) groups is 1. The SMILES string of the molecule is O=C(Cc1c(F)cccc1Cl)NC1CCC(Cl)CC1. The van der Waals surface area contributed by atoms with Crippen LogP contribution < -0.4 is 5.32 Å². The number of nitrogens with one attached hydrogen (secondary N) is 1. The lowest BCUT2D eigenvalue weighted by Gasteiger charge is -2.25. The molecule has 5 heteroatoms. The summed E-state index contributed by atoms with van der Waals surface area (Å²) in [6.45, 7) is 0. The van der Waals surface area contributed by atoms with Crippen molar-refractivity contribution < 1.29 is 9.18 Å². The van der Waals surface area contributed by atoms with Crippen LogP contribution in [-0.2, 0) is 11.2 Å². The molecule has 1 aliphatic rings. The number of rotatable bonds is 3. The average molecular weight is 304 g/mol. The molecule has 2 nitrogen and oxygen atoms in total.